The minimum atomic E-state index is 0.872. The van der Waals surface area contributed by atoms with E-state index in [0.717, 1.165) is 44.6 Å². The van der Waals surface area contributed by atoms with Gasteiger partial charge in [0.2, 0.25) is 0 Å². The molecule has 58 heavy (non-hydrogen) atoms. The molecule has 0 aliphatic heterocycles. The van der Waals surface area contributed by atoms with Crippen molar-refractivity contribution in [1.82, 2.24) is 0 Å². The van der Waals surface area contributed by atoms with Crippen molar-refractivity contribution in [3.63, 3.8) is 0 Å². The zero-order valence-electron chi connectivity index (χ0n) is 31.7. The minimum absolute atomic E-state index is 0.872. The van der Waals surface area contributed by atoms with Gasteiger partial charge in [-0.2, -0.15) is 0 Å². The summed E-state index contributed by atoms with van der Waals surface area (Å²) in [7, 11) is 0. The topological polar surface area (TPSA) is 16.4 Å². The summed E-state index contributed by atoms with van der Waals surface area (Å²) >= 11 is 0. The lowest BCUT2D eigenvalue weighted by Crippen LogP contribution is -2.12. The van der Waals surface area contributed by atoms with Crippen LogP contribution in [-0.4, -0.2) is 0 Å². The van der Waals surface area contributed by atoms with Crippen molar-refractivity contribution < 1.29 is 4.42 Å². The van der Waals surface area contributed by atoms with Gasteiger partial charge in [0.05, 0.1) is 5.69 Å². The number of benzene rings is 10. The first-order chi connectivity index (χ1) is 28.8. The lowest BCUT2D eigenvalue weighted by atomic mass is 9.88. The summed E-state index contributed by atoms with van der Waals surface area (Å²) in [5, 5.41) is 7.01. The van der Waals surface area contributed by atoms with Gasteiger partial charge in [0.1, 0.15) is 11.2 Å². The van der Waals surface area contributed by atoms with E-state index in [4.69, 9.17) is 4.42 Å². The second kappa shape index (κ2) is 14.1. The maximum atomic E-state index is 6.37. The number of anilines is 3. The third kappa shape index (κ3) is 5.74. The van der Waals surface area contributed by atoms with Crippen LogP contribution < -0.4 is 4.90 Å². The van der Waals surface area contributed by atoms with Crippen molar-refractivity contribution in [2.24, 2.45) is 0 Å². The van der Waals surface area contributed by atoms with Gasteiger partial charge in [-0.25, -0.2) is 0 Å². The largest absolute Gasteiger partial charge is 0.456 e. The minimum Gasteiger partial charge on any atom is -0.456 e. The molecule has 0 radical (unpaired) electrons. The lowest BCUT2D eigenvalue weighted by Gasteiger charge is -2.31. The molecule has 10 aromatic carbocycles. The molecule has 1 aromatic heterocycles. The maximum Gasteiger partial charge on any atom is 0.135 e. The molecule has 0 saturated heterocycles. The molecule has 0 amide bonds. The first-order valence-corrected chi connectivity index (χ1v) is 19.8. The summed E-state index contributed by atoms with van der Waals surface area (Å²) in [6.07, 6.45) is 0. The molecular formula is C56H37NO. The predicted molar refractivity (Wildman–Crippen MR) is 245 cm³/mol. The summed E-state index contributed by atoms with van der Waals surface area (Å²) < 4.78 is 6.37. The SMILES string of the molecule is c1ccc(-c2cccc(-c3c(N(c4ccc(-c5ccccc5-c5ccccc5)cc4)c4ccc5oc6ccccc6c5c4)c4ccccc4c4ccccc34)c2)cc1. The molecule has 2 nitrogen and oxygen atoms in total. The smallest absolute Gasteiger partial charge is 0.135 e. The van der Waals surface area contributed by atoms with E-state index in [-0.39, 0.29) is 0 Å². The van der Waals surface area contributed by atoms with Crippen molar-refractivity contribution in [3.8, 4) is 44.5 Å². The van der Waals surface area contributed by atoms with Crippen LogP contribution in [0, 0.1) is 0 Å². The molecular weight excluding hydrogens is 703 g/mol. The van der Waals surface area contributed by atoms with Crippen LogP contribution in [0.25, 0.3) is 88.0 Å². The van der Waals surface area contributed by atoms with Gasteiger partial charge in [-0.1, -0.05) is 182 Å². The molecule has 11 aromatic rings. The molecule has 0 aliphatic carbocycles. The number of rotatable bonds is 7. The van der Waals surface area contributed by atoms with Crippen LogP contribution in [0.1, 0.15) is 0 Å². The second-order valence-electron chi connectivity index (χ2n) is 14.8. The first kappa shape index (κ1) is 33.6. The van der Waals surface area contributed by atoms with Gasteiger partial charge in [-0.05, 0) is 97.6 Å². The molecule has 272 valence electrons. The Kier molecular flexibility index (Phi) is 8.19. The van der Waals surface area contributed by atoms with E-state index < -0.39 is 0 Å². The predicted octanol–water partition coefficient (Wildman–Crippen LogP) is 16.0. The molecule has 11 rings (SSSR count). The van der Waals surface area contributed by atoms with Gasteiger partial charge in [-0.3, -0.25) is 0 Å². The van der Waals surface area contributed by atoms with Crippen molar-refractivity contribution in [3.05, 3.63) is 224 Å². The normalized spacial score (nSPS) is 11.4. The standard InChI is InChI=1S/C56H37NO/c1-3-16-38(17-4-1)41-20-15-21-42(36-41)55-50-27-11-9-24-47(50)48-25-10-12-28-51(48)56(55)57(44-34-35-54-52(37-44)49-26-13-14-29-53(49)58-54)43-32-30-40(31-33-43)46-23-8-7-22-45(46)39-18-5-2-6-19-39/h1-37H. The van der Waals surface area contributed by atoms with Crippen LogP contribution in [-0.2, 0) is 0 Å². The zero-order chi connectivity index (χ0) is 38.4. The van der Waals surface area contributed by atoms with Crippen molar-refractivity contribution in [1.29, 1.82) is 0 Å². The van der Waals surface area contributed by atoms with Gasteiger partial charge in [-0.15, -0.1) is 0 Å². The van der Waals surface area contributed by atoms with E-state index in [2.05, 4.69) is 217 Å². The average Bonchev–Trinajstić information content (AvgIpc) is 3.68. The molecule has 0 saturated carbocycles. The Labute approximate surface area is 337 Å². The number of fused-ring (bicyclic) bond motifs is 6. The van der Waals surface area contributed by atoms with E-state index in [9.17, 15) is 0 Å². The third-order valence-electron chi connectivity index (χ3n) is 11.5. The highest BCUT2D eigenvalue weighted by atomic mass is 16.3. The van der Waals surface area contributed by atoms with Crippen LogP contribution >= 0.6 is 0 Å². The Morgan fingerprint density at radius 1 is 0.276 bits per heavy atom. The summed E-state index contributed by atoms with van der Waals surface area (Å²) in [6.45, 7) is 0. The van der Waals surface area contributed by atoms with Crippen LogP contribution in [0.2, 0.25) is 0 Å². The van der Waals surface area contributed by atoms with E-state index in [1.807, 2.05) is 12.1 Å². The average molecular weight is 740 g/mol. The fourth-order valence-electron chi connectivity index (χ4n) is 8.79. The highest BCUT2D eigenvalue weighted by Gasteiger charge is 2.25. The Bertz CT molecular complexity index is 3270. The number of hydrogen-bond donors (Lipinski definition) is 0. The van der Waals surface area contributed by atoms with Crippen LogP contribution in [0.4, 0.5) is 17.1 Å². The molecule has 1 heterocycles. The van der Waals surface area contributed by atoms with Gasteiger partial charge in [0.25, 0.3) is 0 Å². The molecule has 2 heteroatoms. The van der Waals surface area contributed by atoms with E-state index in [0.29, 0.717) is 0 Å². The van der Waals surface area contributed by atoms with Crippen LogP contribution in [0.3, 0.4) is 0 Å². The first-order valence-electron chi connectivity index (χ1n) is 19.8. The highest BCUT2D eigenvalue weighted by Crippen LogP contribution is 2.50. The van der Waals surface area contributed by atoms with Gasteiger partial charge in [0.15, 0.2) is 0 Å². The lowest BCUT2D eigenvalue weighted by molar-refractivity contribution is 0.669. The quantitative estimate of drug-likeness (QED) is 0.151. The van der Waals surface area contributed by atoms with Gasteiger partial charge < -0.3 is 9.32 Å². The summed E-state index contributed by atoms with van der Waals surface area (Å²) in [4.78, 5) is 2.47. The van der Waals surface area contributed by atoms with Gasteiger partial charge in [0, 0.05) is 33.1 Å². The Hall–Kier alpha value is -7.68. The monoisotopic (exact) mass is 739 g/mol. The van der Waals surface area contributed by atoms with Crippen molar-refractivity contribution in [2.75, 3.05) is 4.90 Å². The number of para-hydroxylation sites is 1. The molecule has 0 fully saturated rings. The summed E-state index contributed by atoms with van der Waals surface area (Å²) in [5.41, 5.74) is 14.5. The molecule has 0 N–H and O–H groups in total. The van der Waals surface area contributed by atoms with Crippen molar-refractivity contribution in [2.45, 2.75) is 0 Å². The Morgan fingerprint density at radius 3 is 1.50 bits per heavy atom. The van der Waals surface area contributed by atoms with Crippen LogP contribution in [0.15, 0.2) is 229 Å². The maximum absolute atomic E-state index is 6.37. The third-order valence-corrected chi connectivity index (χ3v) is 11.5. The molecule has 0 atom stereocenters. The van der Waals surface area contributed by atoms with Crippen molar-refractivity contribution >= 4 is 60.5 Å². The van der Waals surface area contributed by atoms with E-state index in [1.54, 1.807) is 0 Å². The van der Waals surface area contributed by atoms with Gasteiger partial charge >= 0.3 is 0 Å². The Balaban J connectivity index is 1.20. The molecule has 0 aliphatic rings. The van der Waals surface area contributed by atoms with E-state index in [1.165, 1.54) is 60.5 Å². The van der Waals surface area contributed by atoms with E-state index >= 15 is 0 Å². The fourth-order valence-corrected chi connectivity index (χ4v) is 8.79. The Morgan fingerprint density at radius 2 is 0.776 bits per heavy atom. The number of furan rings is 1. The fraction of sp³-hybridized carbons (Fsp3) is 0. The zero-order valence-corrected chi connectivity index (χ0v) is 31.7. The number of hydrogen-bond acceptors (Lipinski definition) is 2. The molecule has 0 unspecified atom stereocenters. The summed E-state index contributed by atoms with van der Waals surface area (Å²) in [6, 6.07) is 80.8. The second-order valence-corrected chi connectivity index (χ2v) is 14.8. The number of nitrogens with zero attached hydrogens (tertiary/aromatic N) is 1. The van der Waals surface area contributed by atoms with Crippen LogP contribution in [0.5, 0.6) is 0 Å². The summed E-state index contributed by atoms with van der Waals surface area (Å²) in [5.74, 6) is 0. The highest BCUT2D eigenvalue weighted by molar-refractivity contribution is 6.23. The molecule has 0 bridgehead atoms. The molecule has 0 spiro atoms.